The van der Waals surface area contributed by atoms with Crippen molar-refractivity contribution in [3.05, 3.63) is 54.1 Å². The summed E-state index contributed by atoms with van der Waals surface area (Å²) in [7, 11) is -2.43. The number of rotatable bonds is 5. The summed E-state index contributed by atoms with van der Waals surface area (Å²) in [5.74, 6) is -0.0311. The summed E-state index contributed by atoms with van der Waals surface area (Å²) in [6.07, 6.45) is 1.79. The largest absolute Gasteiger partial charge is 0.495 e. The number of benzene rings is 2. The normalized spacial score (nSPS) is 14.0. The van der Waals surface area contributed by atoms with E-state index in [1.807, 2.05) is 24.3 Å². The third-order valence-electron chi connectivity index (χ3n) is 4.18. The minimum absolute atomic E-state index is 0.0179. The van der Waals surface area contributed by atoms with Crippen LogP contribution in [0.4, 0.5) is 5.69 Å². The molecule has 0 saturated heterocycles. The number of nitrogens with one attached hydrogen (secondary N) is 1. The molecule has 3 rings (SSSR count). The smallest absolute Gasteiger partial charge is 0.244 e. The molecule has 6 nitrogen and oxygen atoms in total. The molecule has 7 heteroatoms. The van der Waals surface area contributed by atoms with E-state index in [0.717, 1.165) is 24.1 Å². The van der Waals surface area contributed by atoms with Gasteiger partial charge in [0.1, 0.15) is 10.6 Å². The molecule has 0 aromatic heterocycles. The highest BCUT2D eigenvalue weighted by Gasteiger charge is 2.25. The zero-order chi connectivity index (χ0) is 17.9. The lowest BCUT2D eigenvalue weighted by Crippen LogP contribution is -2.42. The number of amides is 1. The maximum Gasteiger partial charge on any atom is 0.244 e. The third kappa shape index (κ3) is 3.67. The highest BCUT2D eigenvalue weighted by molar-refractivity contribution is 7.89. The summed E-state index contributed by atoms with van der Waals surface area (Å²) < 4.78 is 32.4. The summed E-state index contributed by atoms with van der Waals surface area (Å²) in [5, 5.41) is 0. The molecular weight excluding hydrogens is 340 g/mol. The zero-order valence-corrected chi connectivity index (χ0v) is 14.8. The Morgan fingerprint density at radius 3 is 2.68 bits per heavy atom. The molecule has 0 atom stereocenters. The van der Waals surface area contributed by atoms with Crippen LogP contribution in [0, 0.1) is 0 Å². The highest BCUT2D eigenvalue weighted by Crippen LogP contribution is 2.27. The van der Waals surface area contributed by atoms with Gasteiger partial charge < -0.3 is 9.64 Å². The molecule has 132 valence electrons. The maximum absolute atomic E-state index is 12.6. The fourth-order valence-corrected chi connectivity index (χ4v) is 4.11. The molecular formula is C18H20N2O4S. The number of hydrogen-bond donors (Lipinski definition) is 1. The van der Waals surface area contributed by atoms with Crippen molar-refractivity contribution in [1.29, 1.82) is 0 Å². The van der Waals surface area contributed by atoms with Crippen LogP contribution in [0.5, 0.6) is 5.75 Å². The fourth-order valence-electron chi connectivity index (χ4n) is 2.96. The Balaban J connectivity index is 1.75. The lowest BCUT2D eigenvalue weighted by Gasteiger charge is -2.29. The first-order chi connectivity index (χ1) is 12.0. The minimum Gasteiger partial charge on any atom is -0.495 e. The van der Waals surface area contributed by atoms with Crippen LogP contribution in [-0.4, -0.2) is 34.5 Å². The van der Waals surface area contributed by atoms with Gasteiger partial charge >= 0.3 is 0 Å². The first kappa shape index (κ1) is 17.4. The van der Waals surface area contributed by atoms with Gasteiger partial charge in [-0.15, -0.1) is 0 Å². The van der Waals surface area contributed by atoms with Crippen molar-refractivity contribution < 1.29 is 17.9 Å². The Morgan fingerprint density at radius 1 is 1.16 bits per heavy atom. The van der Waals surface area contributed by atoms with Crippen LogP contribution in [-0.2, 0) is 21.2 Å². The van der Waals surface area contributed by atoms with Crippen LogP contribution in [0.15, 0.2) is 53.4 Å². The lowest BCUT2D eigenvalue weighted by atomic mass is 10.0. The second-order valence-electron chi connectivity index (χ2n) is 5.75. The predicted octanol–water partition coefficient (Wildman–Crippen LogP) is 1.95. The average molecular weight is 360 g/mol. The van der Waals surface area contributed by atoms with E-state index in [9.17, 15) is 13.2 Å². The Morgan fingerprint density at radius 2 is 1.88 bits per heavy atom. The third-order valence-corrected chi connectivity index (χ3v) is 5.62. The second-order valence-corrected chi connectivity index (χ2v) is 7.49. The van der Waals surface area contributed by atoms with Gasteiger partial charge in [0.25, 0.3) is 0 Å². The molecule has 1 aliphatic heterocycles. The van der Waals surface area contributed by atoms with Gasteiger partial charge in [-0.1, -0.05) is 30.3 Å². The number of hydrogen-bond acceptors (Lipinski definition) is 4. The summed E-state index contributed by atoms with van der Waals surface area (Å²) in [6.45, 7) is 0.293. The van der Waals surface area contributed by atoms with Crippen molar-refractivity contribution in [3.63, 3.8) is 0 Å². The number of nitrogens with zero attached hydrogens (tertiary/aromatic N) is 1. The van der Waals surface area contributed by atoms with Crippen molar-refractivity contribution in [2.24, 2.45) is 0 Å². The molecule has 25 heavy (non-hydrogen) atoms. The molecule has 2 aromatic carbocycles. The van der Waals surface area contributed by atoms with Gasteiger partial charge in [0.15, 0.2) is 0 Å². The van der Waals surface area contributed by atoms with E-state index >= 15 is 0 Å². The van der Waals surface area contributed by atoms with Gasteiger partial charge in [-0.2, -0.15) is 0 Å². The number of sulfonamides is 1. The predicted molar refractivity (Wildman–Crippen MR) is 95.3 cm³/mol. The van der Waals surface area contributed by atoms with Gasteiger partial charge in [-0.25, -0.2) is 13.1 Å². The monoisotopic (exact) mass is 360 g/mol. The first-order valence-electron chi connectivity index (χ1n) is 8.04. The highest BCUT2D eigenvalue weighted by atomic mass is 32.2. The Hall–Kier alpha value is -2.38. The number of carbonyl (C=O) groups is 1. The molecule has 1 heterocycles. The summed E-state index contributed by atoms with van der Waals surface area (Å²) in [4.78, 5) is 14.2. The van der Waals surface area contributed by atoms with E-state index in [1.165, 1.54) is 13.2 Å². The molecule has 0 saturated carbocycles. The van der Waals surface area contributed by atoms with E-state index in [1.54, 1.807) is 23.1 Å². The molecule has 1 aliphatic rings. The van der Waals surface area contributed by atoms with Gasteiger partial charge in [0.2, 0.25) is 15.9 Å². The molecule has 0 aliphatic carbocycles. The summed E-state index contributed by atoms with van der Waals surface area (Å²) in [6, 6.07) is 14.0. The number of methoxy groups -OCH3 is 1. The Kier molecular flexibility index (Phi) is 5.06. The van der Waals surface area contributed by atoms with Gasteiger partial charge in [0, 0.05) is 12.2 Å². The molecule has 0 bridgehead atoms. The number of ether oxygens (including phenoxy) is 1. The van der Waals surface area contributed by atoms with Crippen LogP contribution in [0.1, 0.15) is 12.0 Å². The molecule has 0 fully saturated rings. The van der Waals surface area contributed by atoms with Gasteiger partial charge in [-0.05, 0) is 36.6 Å². The molecule has 0 radical (unpaired) electrons. The molecule has 0 spiro atoms. The number of anilines is 1. The van der Waals surface area contributed by atoms with E-state index in [4.69, 9.17) is 4.74 Å². The van der Waals surface area contributed by atoms with Crippen molar-refractivity contribution in [2.45, 2.75) is 17.7 Å². The quantitative estimate of drug-likeness (QED) is 0.884. The van der Waals surface area contributed by atoms with E-state index < -0.39 is 10.0 Å². The minimum atomic E-state index is -3.84. The molecule has 2 aromatic rings. The zero-order valence-electron chi connectivity index (χ0n) is 13.9. The lowest BCUT2D eigenvalue weighted by molar-refractivity contribution is -0.117. The van der Waals surface area contributed by atoms with Crippen LogP contribution in [0.25, 0.3) is 0 Å². The number of fused-ring (bicyclic) bond motifs is 1. The average Bonchev–Trinajstić information content (AvgIpc) is 2.65. The first-order valence-corrected chi connectivity index (χ1v) is 9.52. The number of carbonyl (C=O) groups excluding carboxylic acids is 1. The van der Waals surface area contributed by atoms with Crippen molar-refractivity contribution in [2.75, 3.05) is 25.1 Å². The topological polar surface area (TPSA) is 75.7 Å². The fraction of sp³-hybridized carbons (Fsp3) is 0.278. The van der Waals surface area contributed by atoms with Crippen molar-refractivity contribution in [3.8, 4) is 5.75 Å². The SMILES string of the molecule is COc1ccccc1S(=O)(=O)NCC(=O)N1CCCc2ccccc21. The molecule has 0 unspecified atom stereocenters. The molecule has 1 amide bonds. The standard InChI is InChI=1S/C18H20N2O4S/c1-24-16-10-4-5-11-17(16)25(22,23)19-13-18(21)20-12-6-8-14-7-2-3-9-15(14)20/h2-5,7,9-11,19H,6,8,12-13H2,1H3. The Labute approximate surface area is 147 Å². The summed E-state index contributed by atoms with van der Waals surface area (Å²) in [5.41, 5.74) is 1.96. The van der Waals surface area contributed by atoms with Crippen LogP contribution < -0.4 is 14.4 Å². The van der Waals surface area contributed by atoms with Crippen LogP contribution >= 0.6 is 0 Å². The van der Waals surface area contributed by atoms with Gasteiger partial charge in [-0.3, -0.25) is 4.79 Å². The van der Waals surface area contributed by atoms with Crippen LogP contribution in [0.2, 0.25) is 0 Å². The van der Waals surface area contributed by atoms with Gasteiger partial charge in [0.05, 0.1) is 13.7 Å². The number of aryl methyl sites for hydroxylation is 1. The maximum atomic E-state index is 12.6. The van der Waals surface area contributed by atoms with Crippen molar-refractivity contribution in [1.82, 2.24) is 4.72 Å². The Bertz CT molecular complexity index is 880. The van der Waals surface area contributed by atoms with Crippen molar-refractivity contribution >= 4 is 21.6 Å². The summed E-state index contributed by atoms with van der Waals surface area (Å²) >= 11 is 0. The molecule has 1 N–H and O–H groups in total. The number of para-hydroxylation sites is 2. The van der Waals surface area contributed by atoms with E-state index in [-0.39, 0.29) is 23.1 Å². The second kappa shape index (κ2) is 7.25. The van der Waals surface area contributed by atoms with E-state index in [2.05, 4.69) is 4.72 Å². The van der Waals surface area contributed by atoms with E-state index in [0.29, 0.717) is 6.54 Å². The van der Waals surface area contributed by atoms with Crippen LogP contribution in [0.3, 0.4) is 0 Å².